The van der Waals surface area contributed by atoms with Gasteiger partial charge >= 0.3 is 5.97 Å². The lowest BCUT2D eigenvalue weighted by molar-refractivity contribution is -0.139. The van der Waals surface area contributed by atoms with Gasteiger partial charge in [0.15, 0.2) is 0 Å². The van der Waals surface area contributed by atoms with Gasteiger partial charge in [0.2, 0.25) is 17.7 Å². The first kappa shape index (κ1) is 24.0. The lowest BCUT2D eigenvalue weighted by Gasteiger charge is -2.22. The highest BCUT2D eigenvalue weighted by molar-refractivity contribution is 6.22. The lowest BCUT2D eigenvalue weighted by atomic mass is 9.78. The SMILES string of the molecule is CCc1ccccc1N1C[C@H](C(=O)Oc2ccc(N3C(=O)[C@@H]4[C@@H](C)C=CC[C@H]4C3=O)c(C)c2)CC1=O. The number of carbonyl (C=O) groups excluding carboxylic acids is 4. The first-order valence-corrected chi connectivity index (χ1v) is 12.5. The van der Waals surface area contributed by atoms with E-state index in [0.29, 0.717) is 23.4 Å². The Bertz CT molecular complexity index is 1280. The van der Waals surface area contributed by atoms with Crippen molar-refractivity contribution in [2.45, 2.75) is 40.0 Å². The summed E-state index contributed by atoms with van der Waals surface area (Å²) in [7, 11) is 0. The van der Waals surface area contributed by atoms with Crippen LogP contribution >= 0.6 is 0 Å². The van der Waals surface area contributed by atoms with Crippen LogP contribution in [0.25, 0.3) is 0 Å². The molecule has 3 aliphatic rings. The Balaban J connectivity index is 1.29. The molecule has 2 heterocycles. The fourth-order valence-corrected chi connectivity index (χ4v) is 5.70. The molecule has 36 heavy (non-hydrogen) atoms. The van der Waals surface area contributed by atoms with Crippen LogP contribution in [-0.2, 0) is 25.6 Å². The van der Waals surface area contributed by atoms with E-state index >= 15 is 0 Å². The van der Waals surface area contributed by atoms with Crippen molar-refractivity contribution >= 4 is 35.1 Å². The van der Waals surface area contributed by atoms with Crippen LogP contribution in [-0.4, -0.2) is 30.2 Å². The normalized spacial score (nSPS) is 25.5. The number of allylic oxidation sites excluding steroid dienone is 2. The van der Waals surface area contributed by atoms with Crippen molar-refractivity contribution in [3.8, 4) is 5.75 Å². The summed E-state index contributed by atoms with van der Waals surface area (Å²) in [6.45, 7) is 6.07. The second-order valence-corrected chi connectivity index (χ2v) is 9.92. The molecule has 0 unspecified atom stereocenters. The number of ether oxygens (including phenoxy) is 1. The average molecular weight is 487 g/mol. The number of esters is 1. The summed E-state index contributed by atoms with van der Waals surface area (Å²) < 4.78 is 5.64. The molecule has 7 nitrogen and oxygen atoms in total. The first-order chi connectivity index (χ1) is 17.3. The molecule has 7 heteroatoms. The average Bonchev–Trinajstić information content (AvgIpc) is 3.37. The predicted molar refractivity (Wildman–Crippen MR) is 135 cm³/mol. The zero-order chi connectivity index (χ0) is 25.6. The quantitative estimate of drug-likeness (QED) is 0.274. The van der Waals surface area contributed by atoms with Crippen molar-refractivity contribution in [2.24, 2.45) is 23.7 Å². The number of benzene rings is 2. The van der Waals surface area contributed by atoms with Crippen LogP contribution in [0.15, 0.2) is 54.6 Å². The van der Waals surface area contributed by atoms with Gasteiger partial charge in [0.1, 0.15) is 5.75 Å². The largest absolute Gasteiger partial charge is 0.426 e. The van der Waals surface area contributed by atoms with Crippen LogP contribution < -0.4 is 14.5 Å². The fraction of sp³-hybridized carbons (Fsp3) is 0.379. The second kappa shape index (κ2) is 9.37. The van der Waals surface area contributed by atoms with Gasteiger partial charge in [-0.3, -0.25) is 19.2 Å². The van der Waals surface area contributed by atoms with Gasteiger partial charge in [0.25, 0.3) is 0 Å². The number of carbonyl (C=O) groups is 4. The topological polar surface area (TPSA) is 84.0 Å². The van der Waals surface area contributed by atoms with Gasteiger partial charge in [-0.05, 0) is 61.1 Å². The molecule has 0 N–H and O–H groups in total. The number of fused-ring (bicyclic) bond motifs is 1. The molecule has 0 spiro atoms. The monoisotopic (exact) mass is 486 g/mol. The smallest absolute Gasteiger partial charge is 0.316 e. The maximum atomic E-state index is 13.1. The Morgan fingerprint density at radius 1 is 1.06 bits per heavy atom. The molecule has 1 aliphatic carbocycles. The number of anilines is 2. The maximum absolute atomic E-state index is 13.1. The van der Waals surface area contributed by atoms with Gasteiger partial charge in [-0.1, -0.05) is 44.2 Å². The number of hydrogen-bond acceptors (Lipinski definition) is 5. The summed E-state index contributed by atoms with van der Waals surface area (Å²) in [5.74, 6) is -1.79. The van der Waals surface area contributed by atoms with Gasteiger partial charge in [0.05, 0.1) is 23.4 Å². The molecule has 2 saturated heterocycles. The van der Waals surface area contributed by atoms with Crippen LogP contribution in [0, 0.1) is 30.6 Å². The summed E-state index contributed by atoms with van der Waals surface area (Å²) in [6.07, 6.45) is 5.44. The third-order valence-corrected chi connectivity index (χ3v) is 7.62. The molecule has 2 aliphatic heterocycles. The van der Waals surface area contributed by atoms with Crippen LogP contribution in [0.2, 0.25) is 0 Å². The molecule has 2 aromatic carbocycles. The minimum absolute atomic E-state index is 0.0173. The number of hydrogen-bond donors (Lipinski definition) is 0. The van der Waals surface area contributed by atoms with Gasteiger partial charge in [-0.15, -0.1) is 0 Å². The van der Waals surface area contributed by atoms with E-state index in [1.807, 2.05) is 50.3 Å². The summed E-state index contributed by atoms with van der Waals surface area (Å²) in [5.41, 5.74) is 3.08. The number of nitrogens with zero attached hydrogens (tertiary/aromatic N) is 2. The molecule has 5 rings (SSSR count). The van der Waals surface area contributed by atoms with Crippen LogP contribution in [0.1, 0.15) is 37.8 Å². The Morgan fingerprint density at radius 2 is 1.83 bits per heavy atom. The predicted octanol–water partition coefficient (Wildman–Crippen LogP) is 4.22. The van der Waals surface area contributed by atoms with E-state index in [1.165, 1.54) is 4.90 Å². The van der Waals surface area contributed by atoms with E-state index in [2.05, 4.69) is 0 Å². The standard InChI is InChI=1S/C29H30N2O5/c1-4-19-9-5-6-11-24(19)30-16-20(15-25(30)32)29(35)36-21-12-13-23(18(3)14-21)31-27(33)22-10-7-8-17(2)26(22)28(31)34/h5-9,11-14,17,20,22,26H,4,10,15-16H2,1-3H3/t17-,20+,22+,26+/m0/s1. The van der Waals surface area contributed by atoms with E-state index in [-0.39, 0.29) is 48.4 Å². The number of rotatable bonds is 5. The first-order valence-electron chi connectivity index (χ1n) is 12.5. The number of amides is 3. The Labute approximate surface area is 210 Å². The van der Waals surface area contributed by atoms with Gasteiger partial charge in [-0.2, -0.15) is 0 Å². The molecular weight excluding hydrogens is 456 g/mol. The molecule has 2 fully saturated rings. The van der Waals surface area contributed by atoms with E-state index in [9.17, 15) is 19.2 Å². The minimum atomic E-state index is -0.568. The maximum Gasteiger partial charge on any atom is 0.316 e. The zero-order valence-electron chi connectivity index (χ0n) is 20.8. The molecule has 0 radical (unpaired) electrons. The molecule has 3 amide bonds. The van der Waals surface area contributed by atoms with E-state index in [4.69, 9.17) is 4.74 Å². The van der Waals surface area contributed by atoms with E-state index in [0.717, 1.165) is 17.7 Å². The summed E-state index contributed by atoms with van der Waals surface area (Å²) >= 11 is 0. The second-order valence-electron chi connectivity index (χ2n) is 9.92. The molecular formula is C29H30N2O5. The molecule has 0 aromatic heterocycles. The van der Waals surface area contributed by atoms with Crippen LogP contribution in [0.3, 0.4) is 0 Å². The molecule has 186 valence electrons. The van der Waals surface area contributed by atoms with Crippen molar-refractivity contribution < 1.29 is 23.9 Å². The minimum Gasteiger partial charge on any atom is -0.426 e. The van der Waals surface area contributed by atoms with Crippen molar-refractivity contribution in [1.29, 1.82) is 0 Å². The molecule has 2 aromatic rings. The van der Waals surface area contributed by atoms with E-state index in [1.54, 1.807) is 30.0 Å². The third kappa shape index (κ3) is 4.02. The van der Waals surface area contributed by atoms with Crippen LogP contribution in [0.5, 0.6) is 5.75 Å². The molecule has 4 atom stereocenters. The van der Waals surface area contributed by atoms with Gasteiger partial charge in [0, 0.05) is 18.7 Å². The van der Waals surface area contributed by atoms with Crippen molar-refractivity contribution in [3.05, 3.63) is 65.7 Å². The highest BCUT2D eigenvalue weighted by Gasteiger charge is 2.50. The third-order valence-electron chi connectivity index (χ3n) is 7.62. The zero-order valence-corrected chi connectivity index (χ0v) is 20.8. The van der Waals surface area contributed by atoms with Crippen molar-refractivity contribution in [3.63, 3.8) is 0 Å². The fourth-order valence-electron chi connectivity index (χ4n) is 5.70. The molecule has 0 bridgehead atoms. The molecule has 0 saturated carbocycles. The number of imide groups is 1. The lowest BCUT2D eigenvalue weighted by Crippen LogP contribution is -2.32. The van der Waals surface area contributed by atoms with Crippen molar-refractivity contribution in [2.75, 3.05) is 16.3 Å². The van der Waals surface area contributed by atoms with Crippen molar-refractivity contribution in [1.82, 2.24) is 0 Å². The Kier molecular flexibility index (Phi) is 6.24. The van der Waals surface area contributed by atoms with Crippen LogP contribution in [0.4, 0.5) is 11.4 Å². The van der Waals surface area contributed by atoms with Gasteiger partial charge in [-0.25, -0.2) is 4.90 Å². The number of para-hydroxylation sites is 1. The highest BCUT2D eigenvalue weighted by Crippen LogP contribution is 2.41. The van der Waals surface area contributed by atoms with E-state index < -0.39 is 11.9 Å². The summed E-state index contributed by atoms with van der Waals surface area (Å²) in [5, 5.41) is 0. The number of aryl methyl sites for hydroxylation is 2. The summed E-state index contributed by atoms with van der Waals surface area (Å²) in [6, 6.07) is 12.6. The van der Waals surface area contributed by atoms with Gasteiger partial charge < -0.3 is 9.64 Å². The highest BCUT2D eigenvalue weighted by atomic mass is 16.5. The Morgan fingerprint density at radius 3 is 2.56 bits per heavy atom. The Hall–Kier alpha value is -3.74. The summed E-state index contributed by atoms with van der Waals surface area (Å²) in [4.78, 5) is 54.8.